The summed E-state index contributed by atoms with van der Waals surface area (Å²) in [6.07, 6.45) is 1.98. The number of phenols is 1. The van der Waals surface area contributed by atoms with Gasteiger partial charge in [0.2, 0.25) is 0 Å². The minimum atomic E-state index is -0.896. The molecule has 0 radical (unpaired) electrons. The summed E-state index contributed by atoms with van der Waals surface area (Å²) in [6, 6.07) is 2.82. The van der Waals surface area contributed by atoms with Gasteiger partial charge in [0.05, 0.1) is 22.4 Å². The van der Waals surface area contributed by atoms with Crippen LogP contribution in [-0.4, -0.2) is 42.4 Å². The summed E-state index contributed by atoms with van der Waals surface area (Å²) in [6.45, 7) is 4.66. The number of amides is 2. The minimum absolute atomic E-state index is 0.0524. The van der Waals surface area contributed by atoms with Crippen LogP contribution in [0.5, 0.6) is 5.75 Å². The second-order valence-corrected chi connectivity index (χ2v) is 5.88. The molecule has 24 heavy (non-hydrogen) atoms. The van der Waals surface area contributed by atoms with Gasteiger partial charge in [0.1, 0.15) is 0 Å². The second-order valence-electron chi connectivity index (χ2n) is 5.06. The Morgan fingerprint density at radius 1 is 1.29 bits per heavy atom. The first-order valence-electron chi connectivity index (χ1n) is 7.22. The number of carbonyl (C=O) groups is 2. The Morgan fingerprint density at radius 2 is 1.92 bits per heavy atom. The van der Waals surface area contributed by atoms with Gasteiger partial charge >= 0.3 is 11.8 Å². The van der Waals surface area contributed by atoms with Crippen LogP contribution in [-0.2, 0) is 14.3 Å². The van der Waals surface area contributed by atoms with E-state index in [1.807, 2.05) is 13.8 Å². The Hall–Kier alpha value is -1.83. The molecule has 0 aliphatic rings. The predicted octanol–water partition coefficient (Wildman–Crippen LogP) is 2.08. The standard InChI is InChI=1S/C15H19Cl2N3O4/c1-9(2)24-5-3-4-18-14(22)15(23)20-19-8-10-6-11(16)13(21)12(17)7-10/h6-9,21H,3-5H2,1-2H3,(H,18,22)(H,20,23)/b19-8+. The smallest absolute Gasteiger partial charge is 0.329 e. The highest BCUT2D eigenvalue weighted by atomic mass is 35.5. The summed E-state index contributed by atoms with van der Waals surface area (Å²) >= 11 is 11.5. The van der Waals surface area contributed by atoms with Crippen molar-refractivity contribution in [1.29, 1.82) is 0 Å². The van der Waals surface area contributed by atoms with Crippen molar-refractivity contribution in [2.45, 2.75) is 26.4 Å². The molecule has 0 bridgehead atoms. The number of aromatic hydroxyl groups is 1. The molecule has 132 valence electrons. The molecule has 9 heteroatoms. The van der Waals surface area contributed by atoms with E-state index in [-0.39, 0.29) is 21.9 Å². The van der Waals surface area contributed by atoms with Crippen molar-refractivity contribution in [2.24, 2.45) is 5.10 Å². The molecule has 0 aromatic heterocycles. The predicted molar refractivity (Wildman–Crippen MR) is 92.6 cm³/mol. The van der Waals surface area contributed by atoms with E-state index in [0.29, 0.717) is 25.1 Å². The molecule has 1 aromatic rings. The van der Waals surface area contributed by atoms with Gasteiger partial charge in [0, 0.05) is 13.2 Å². The molecule has 0 atom stereocenters. The molecule has 0 aliphatic heterocycles. The molecular formula is C15H19Cl2N3O4. The van der Waals surface area contributed by atoms with Crippen molar-refractivity contribution < 1.29 is 19.4 Å². The number of benzene rings is 1. The molecule has 0 saturated heterocycles. The van der Waals surface area contributed by atoms with Gasteiger partial charge < -0.3 is 15.2 Å². The highest BCUT2D eigenvalue weighted by Crippen LogP contribution is 2.32. The molecule has 1 aromatic carbocycles. The number of phenolic OH excluding ortho intramolecular Hbond substituents is 1. The lowest BCUT2D eigenvalue weighted by atomic mass is 10.2. The zero-order chi connectivity index (χ0) is 18.1. The maximum atomic E-state index is 11.5. The molecule has 0 fully saturated rings. The quantitative estimate of drug-likeness (QED) is 0.294. The summed E-state index contributed by atoms with van der Waals surface area (Å²) in [5, 5.41) is 15.6. The fourth-order valence-electron chi connectivity index (χ4n) is 1.55. The maximum absolute atomic E-state index is 11.5. The molecule has 0 spiro atoms. The van der Waals surface area contributed by atoms with Gasteiger partial charge in [-0.15, -0.1) is 0 Å². The van der Waals surface area contributed by atoms with E-state index in [1.165, 1.54) is 18.3 Å². The number of hydrogen-bond acceptors (Lipinski definition) is 5. The van der Waals surface area contributed by atoms with Crippen LogP contribution in [0.4, 0.5) is 0 Å². The third kappa shape index (κ3) is 7.16. The van der Waals surface area contributed by atoms with Crippen LogP contribution in [0, 0.1) is 0 Å². The van der Waals surface area contributed by atoms with Crippen molar-refractivity contribution >= 4 is 41.2 Å². The number of hydrazone groups is 1. The number of hydrogen-bond donors (Lipinski definition) is 3. The lowest BCUT2D eigenvalue weighted by Gasteiger charge is -2.07. The number of halogens is 2. The van der Waals surface area contributed by atoms with E-state index in [4.69, 9.17) is 27.9 Å². The lowest BCUT2D eigenvalue weighted by molar-refractivity contribution is -0.139. The van der Waals surface area contributed by atoms with Crippen LogP contribution in [0.1, 0.15) is 25.8 Å². The van der Waals surface area contributed by atoms with Crippen molar-refractivity contribution in [1.82, 2.24) is 10.7 Å². The van der Waals surface area contributed by atoms with Crippen LogP contribution in [0.2, 0.25) is 10.0 Å². The van der Waals surface area contributed by atoms with E-state index < -0.39 is 11.8 Å². The largest absolute Gasteiger partial charge is 0.505 e. The highest BCUT2D eigenvalue weighted by molar-refractivity contribution is 6.37. The number of nitrogens with zero attached hydrogens (tertiary/aromatic N) is 1. The van der Waals surface area contributed by atoms with Crippen LogP contribution in [0.15, 0.2) is 17.2 Å². The molecule has 0 aliphatic carbocycles. The zero-order valence-electron chi connectivity index (χ0n) is 13.3. The van der Waals surface area contributed by atoms with Gasteiger partial charge in [-0.3, -0.25) is 9.59 Å². The maximum Gasteiger partial charge on any atom is 0.329 e. The second kappa shape index (κ2) is 10.1. The van der Waals surface area contributed by atoms with Gasteiger partial charge in [-0.2, -0.15) is 5.10 Å². The fourth-order valence-corrected chi connectivity index (χ4v) is 2.05. The average Bonchev–Trinajstić information content (AvgIpc) is 2.51. The van der Waals surface area contributed by atoms with E-state index in [1.54, 1.807) is 0 Å². The average molecular weight is 376 g/mol. The Morgan fingerprint density at radius 3 is 2.50 bits per heavy atom. The van der Waals surface area contributed by atoms with Crippen molar-refractivity contribution in [2.75, 3.05) is 13.2 Å². The van der Waals surface area contributed by atoms with E-state index in [0.717, 1.165) is 0 Å². The lowest BCUT2D eigenvalue weighted by Crippen LogP contribution is -2.38. The minimum Gasteiger partial charge on any atom is -0.505 e. The third-order valence-corrected chi connectivity index (χ3v) is 3.26. The summed E-state index contributed by atoms with van der Waals surface area (Å²) in [5.74, 6) is -1.93. The van der Waals surface area contributed by atoms with Gasteiger partial charge in [-0.1, -0.05) is 23.2 Å². The van der Waals surface area contributed by atoms with E-state index in [2.05, 4.69) is 15.8 Å². The first kappa shape index (κ1) is 20.2. The van der Waals surface area contributed by atoms with Crippen LogP contribution in [0.3, 0.4) is 0 Å². The first-order valence-corrected chi connectivity index (χ1v) is 7.97. The third-order valence-electron chi connectivity index (χ3n) is 2.68. The molecule has 0 saturated carbocycles. The normalized spacial score (nSPS) is 11.0. The van der Waals surface area contributed by atoms with Crippen molar-refractivity contribution in [3.05, 3.63) is 27.7 Å². The highest BCUT2D eigenvalue weighted by Gasteiger charge is 2.11. The molecule has 2 amide bonds. The summed E-state index contributed by atoms with van der Waals surface area (Å²) < 4.78 is 5.31. The topological polar surface area (TPSA) is 100 Å². The summed E-state index contributed by atoms with van der Waals surface area (Å²) in [7, 11) is 0. The molecule has 0 unspecified atom stereocenters. The van der Waals surface area contributed by atoms with Crippen molar-refractivity contribution in [3.63, 3.8) is 0 Å². The Balaban J connectivity index is 2.38. The van der Waals surface area contributed by atoms with Crippen molar-refractivity contribution in [3.8, 4) is 5.75 Å². The van der Waals surface area contributed by atoms with E-state index >= 15 is 0 Å². The zero-order valence-corrected chi connectivity index (χ0v) is 14.8. The molecule has 0 heterocycles. The number of rotatable bonds is 7. The van der Waals surface area contributed by atoms with Crippen LogP contribution in [0.25, 0.3) is 0 Å². The molecule has 1 rings (SSSR count). The molecule has 7 nitrogen and oxygen atoms in total. The number of carbonyl (C=O) groups excluding carboxylic acids is 2. The Bertz CT molecular complexity index is 598. The van der Waals surface area contributed by atoms with Crippen LogP contribution >= 0.6 is 23.2 Å². The van der Waals surface area contributed by atoms with Crippen LogP contribution < -0.4 is 10.7 Å². The number of nitrogens with one attached hydrogen (secondary N) is 2. The van der Waals surface area contributed by atoms with Gasteiger partial charge in [0.15, 0.2) is 5.75 Å². The molecular weight excluding hydrogens is 357 g/mol. The molecule has 3 N–H and O–H groups in total. The first-order chi connectivity index (χ1) is 11.3. The number of ether oxygens (including phenoxy) is 1. The van der Waals surface area contributed by atoms with Gasteiger partial charge in [-0.05, 0) is 38.0 Å². The Labute approximate surface area is 150 Å². The monoisotopic (exact) mass is 375 g/mol. The fraction of sp³-hybridized carbons (Fsp3) is 0.400. The van der Waals surface area contributed by atoms with Gasteiger partial charge in [0.25, 0.3) is 0 Å². The summed E-state index contributed by atoms with van der Waals surface area (Å²) in [5.41, 5.74) is 2.54. The Kier molecular flexibility index (Phi) is 8.53. The van der Waals surface area contributed by atoms with Gasteiger partial charge in [-0.25, -0.2) is 5.43 Å². The SMILES string of the molecule is CC(C)OCCCNC(=O)C(=O)N/N=C/c1cc(Cl)c(O)c(Cl)c1. The van der Waals surface area contributed by atoms with E-state index in [9.17, 15) is 14.7 Å². The summed E-state index contributed by atoms with van der Waals surface area (Å²) in [4.78, 5) is 23.1.